The number of halogens is 3. The number of esters is 1. The molecule has 0 amide bonds. The van der Waals surface area contributed by atoms with Crippen LogP contribution in [0, 0.1) is 18.5 Å². The highest BCUT2D eigenvalue weighted by molar-refractivity contribution is 5.72. The van der Waals surface area contributed by atoms with E-state index in [4.69, 9.17) is 23.7 Å². The summed E-state index contributed by atoms with van der Waals surface area (Å²) in [5, 5.41) is 0. The van der Waals surface area contributed by atoms with Gasteiger partial charge >= 0.3 is 27.2 Å². The van der Waals surface area contributed by atoms with Crippen LogP contribution in [-0.4, -0.2) is 49.5 Å². The van der Waals surface area contributed by atoms with Crippen LogP contribution in [0.25, 0.3) is 0 Å². The third kappa shape index (κ3) is 5.32. The van der Waals surface area contributed by atoms with Crippen LogP contribution in [0.4, 0.5) is 8.78 Å². The minimum absolute atomic E-state index is 0.226. The Morgan fingerprint density at radius 1 is 0.829 bits per heavy atom. The Hall–Kier alpha value is -2.76. The van der Waals surface area contributed by atoms with E-state index in [1.165, 1.54) is 7.14 Å². The van der Waals surface area contributed by atoms with Gasteiger partial charge in [-0.15, -0.1) is 0 Å². The molecule has 41 heavy (non-hydrogen) atoms. The molecule has 7 rings (SSSR count). The molecule has 3 aliphatic carbocycles. The lowest BCUT2D eigenvalue weighted by Gasteiger charge is -2.56. The summed E-state index contributed by atoms with van der Waals surface area (Å²) in [6.07, 6.45) is 1.80. The van der Waals surface area contributed by atoms with Crippen LogP contribution < -0.4 is 30.7 Å². The van der Waals surface area contributed by atoms with Crippen LogP contribution in [0.3, 0.4) is 0 Å². The second-order valence-electron chi connectivity index (χ2n) is 11.4. The summed E-state index contributed by atoms with van der Waals surface area (Å²) in [6.45, 7) is -1.52. The van der Waals surface area contributed by atoms with Gasteiger partial charge in [-0.3, -0.25) is 0 Å². The number of ether oxygens (including phenoxy) is 5. The van der Waals surface area contributed by atoms with Crippen molar-refractivity contribution in [3.63, 3.8) is 0 Å². The zero-order valence-corrected chi connectivity index (χ0v) is 24.4. The number of fused-ring (bicyclic) bond motifs is 1. The highest BCUT2D eigenvalue weighted by Gasteiger charge is 2.76. The first-order valence-electron chi connectivity index (χ1n) is 13.8. The van der Waals surface area contributed by atoms with Crippen molar-refractivity contribution < 1.29 is 58.5 Å². The first-order chi connectivity index (χ1) is 19.8. The lowest BCUT2D eigenvalue weighted by molar-refractivity contribution is -0.597. The predicted octanol–water partition coefficient (Wildman–Crippen LogP) is 2.89. The molecule has 1 heterocycles. The molecule has 0 aromatic heterocycles. The van der Waals surface area contributed by atoms with Crippen LogP contribution in [0.1, 0.15) is 25.7 Å². The molecule has 4 unspecified atom stereocenters. The van der Waals surface area contributed by atoms with E-state index in [-0.39, 0.29) is 51.4 Å². The molecule has 4 aliphatic rings. The highest BCUT2D eigenvalue weighted by atomic mass is 127. The maximum absolute atomic E-state index is 14.0. The SMILES string of the molecule is O=C(COc1ccc(Oc2ccc([I+]c3ccccc3)cc2)cc1)OC12CC3CC4OCC(F)(F)COC(C1)[C@@]34C2. The van der Waals surface area contributed by atoms with Gasteiger partial charge in [0.15, 0.2) is 13.7 Å². The van der Waals surface area contributed by atoms with Crippen molar-refractivity contribution in [2.45, 2.75) is 49.4 Å². The second-order valence-corrected chi connectivity index (χ2v) is 14.5. The summed E-state index contributed by atoms with van der Waals surface area (Å²) in [5.41, 5.74) is -1.03. The summed E-state index contributed by atoms with van der Waals surface area (Å²) in [7, 11) is 0. The molecule has 1 spiro atoms. The van der Waals surface area contributed by atoms with Gasteiger partial charge in [-0.1, -0.05) is 18.2 Å². The Kier molecular flexibility index (Phi) is 6.94. The van der Waals surface area contributed by atoms with E-state index >= 15 is 0 Å². The van der Waals surface area contributed by atoms with E-state index in [0.29, 0.717) is 30.8 Å². The smallest absolute Gasteiger partial charge is 0.357 e. The summed E-state index contributed by atoms with van der Waals surface area (Å²) in [5.74, 6) is -1.28. The molecule has 214 valence electrons. The van der Waals surface area contributed by atoms with Gasteiger partial charge in [0.1, 0.15) is 36.1 Å². The van der Waals surface area contributed by atoms with Crippen LogP contribution in [0.15, 0.2) is 78.9 Å². The Balaban J connectivity index is 0.910. The predicted molar refractivity (Wildman–Crippen MR) is 140 cm³/mol. The number of carbonyl (C=O) groups is 1. The molecule has 0 N–H and O–H groups in total. The Labute approximate surface area is 247 Å². The van der Waals surface area contributed by atoms with Crippen molar-refractivity contribution in [3.05, 3.63) is 86.0 Å². The van der Waals surface area contributed by atoms with Crippen LogP contribution in [0.5, 0.6) is 17.2 Å². The van der Waals surface area contributed by atoms with Gasteiger partial charge in [0, 0.05) is 11.8 Å². The van der Waals surface area contributed by atoms with Crippen molar-refractivity contribution in [1.29, 1.82) is 0 Å². The minimum Gasteiger partial charge on any atom is -0.482 e. The average Bonchev–Trinajstić information content (AvgIpc) is 3.42. The van der Waals surface area contributed by atoms with Gasteiger partial charge < -0.3 is 23.7 Å². The van der Waals surface area contributed by atoms with Gasteiger partial charge in [0.25, 0.3) is 5.92 Å². The third-order valence-corrected chi connectivity index (χ3v) is 11.4. The quantitative estimate of drug-likeness (QED) is 0.271. The average molecular weight is 675 g/mol. The van der Waals surface area contributed by atoms with Crippen LogP contribution in [-0.2, 0) is 19.0 Å². The first kappa shape index (κ1) is 27.1. The molecule has 1 aliphatic heterocycles. The third-order valence-electron chi connectivity index (χ3n) is 8.76. The summed E-state index contributed by atoms with van der Waals surface area (Å²) in [6, 6.07) is 25.7. The van der Waals surface area contributed by atoms with Gasteiger partial charge in [-0.05, 0) is 85.8 Å². The number of benzene rings is 3. The molecule has 4 fully saturated rings. The fourth-order valence-corrected chi connectivity index (χ4v) is 9.26. The summed E-state index contributed by atoms with van der Waals surface area (Å²) >= 11 is -0.226. The van der Waals surface area contributed by atoms with Gasteiger partial charge in [-0.2, -0.15) is 0 Å². The standard InChI is InChI=1S/C32H30F2IO6/c33-31(34)19-38-27-14-21-15-30(16-28(39-20-31)32(21,27)18-30)41-29(36)17-37-24-10-12-26(13-11-24)40-25-8-6-23(7-9-25)35-22-4-2-1-3-5-22/h1-13,21,27-28H,14-20H2/q+1/t21?,27?,28?,30?,32-/m0/s1. The molecule has 1 saturated heterocycles. The summed E-state index contributed by atoms with van der Waals surface area (Å²) in [4.78, 5) is 12.8. The Morgan fingerprint density at radius 3 is 2.20 bits per heavy atom. The second kappa shape index (κ2) is 10.5. The van der Waals surface area contributed by atoms with Gasteiger partial charge in [0.05, 0.1) is 12.2 Å². The van der Waals surface area contributed by atoms with E-state index in [9.17, 15) is 13.6 Å². The van der Waals surface area contributed by atoms with Crippen LogP contribution >= 0.6 is 0 Å². The zero-order valence-electron chi connectivity index (χ0n) is 22.3. The molecule has 9 heteroatoms. The molecule has 3 saturated carbocycles. The normalized spacial score (nSPS) is 30.8. The van der Waals surface area contributed by atoms with E-state index in [0.717, 1.165) is 12.2 Å². The van der Waals surface area contributed by atoms with Crippen LogP contribution in [0.2, 0.25) is 0 Å². The monoisotopic (exact) mass is 675 g/mol. The van der Waals surface area contributed by atoms with E-state index in [1.807, 2.05) is 18.2 Å². The van der Waals surface area contributed by atoms with E-state index in [1.54, 1.807) is 24.3 Å². The molecule has 3 aromatic carbocycles. The van der Waals surface area contributed by atoms with Crippen molar-refractivity contribution in [1.82, 2.24) is 0 Å². The zero-order chi connectivity index (χ0) is 28.1. The lowest BCUT2D eigenvalue weighted by atomic mass is 9.56. The molecule has 5 atom stereocenters. The Morgan fingerprint density at radius 2 is 1.46 bits per heavy atom. The molecular weight excluding hydrogens is 645 g/mol. The van der Waals surface area contributed by atoms with E-state index in [2.05, 4.69) is 36.4 Å². The largest absolute Gasteiger partial charge is 0.482 e. The minimum atomic E-state index is -3.00. The van der Waals surface area contributed by atoms with E-state index < -0.39 is 30.7 Å². The molecule has 0 radical (unpaired) electrons. The number of hydrogen-bond donors (Lipinski definition) is 0. The number of hydrogen-bond acceptors (Lipinski definition) is 6. The number of rotatable bonds is 8. The van der Waals surface area contributed by atoms with Crippen molar-refractivity contribution in [3.8, 4) is 17.2 Å². The molecular formula is C32H30F2IO6+. The fraction of sp³-hybridized carbons (Fsp3) is 0.406. The van der Waals surface area contributed by atoms with Gasteiger partial charge in [-0.25, -0.2) is 13.6 Å². The van der Waals surface area contributed by atoms with Crippen molar-refractivity contribution in [2.75, 3.05) is 19.8 Å². The maximum Gasteiger partial charge on any atom is 0.357 e. The first-order valence-corrected chi connectivity index (χ1v) is 16.0. The molecule has 2 bridgehead atoms. The molecule has 3 aromatic rings. The maximum atomic E-state index is 14.0. The molecule has 6 nitrogen and oxygen atoms in total. The highest BCUT2D eigenvalue weighted by Crippen LogP contribution is 2.72. The van der Waals surface area contributed by atoms with Crippen molar-refractivity contribution in [2.24, 2.45) is 11.3 Å². The topological polar surface area (TPSA) is 63.2 Å². The number of carbonyl (C=O) groups excluding carboxylic acids is 1. The lowest BCUT2D eigenvalue weighted by Crippen LogP contribution is -3.61. The Bertz CT molecular complexity index is 1400. The van der Waals surface area contributed by atoms with Gasteiger partial charge in [0.2, 0.25) is 0 Å². The van der Waals surface area contributed by atoms with Crippen molar-refractivity contribution >= 4 is 5.97 Å². The summed E-state index contributed by atoms with van der Waals surface area (Å²) < 4.78 is 59.6. The fourth-order valence-electron chi connectivity index (χ4n) is 7.04. The number of alkyl halides is 2.